The minimum absolute atomic E-state index is 0.384. The predicted molar refractivity (Wildman–Crippen MR) is 99.0 cm³/mol. The highest BCUT2D eigenvalue weighted by atomic mass is 32.2. The zero-order chi connectivity index (χ0) is 16.0. The van der Waals surface area contributed by atoms with Crippen molar-refractivity contribution in [2.45, 2.75) is 76.4 Å². The van der Waals surface area contributed by atoms with Crippen molar-refractivity contribution in [3.8, 4) is 0 Å². The second kappa shape index (κ2) is 13.0. The summed E-state index contributed by atoms with van der Waals surface area (Å²) in [5.41, 5.74) is 0.939. The molecule has 126 valence electrons. The van der Waals surface area contributed by atoms with Gasteiger partial charge in [0, 0.05) is 0 Å². The van der Waals surface area contributed by atoms with Crippen LogP contribution in [0, 0.1) is 0 Å². The normalized spacial score (nSPS) is 12.4. The molecule has 1 rings (SSSR count). The third-order valence-electron chi connectivity index (χ3n) is 3.85. The highest BCUT2D eigenvalue weighted by Crippen LogP contribution is 2.31. The van der Waals surface area contributed by atoms with E-state index in [4.69, 9.17) is 0 Å². The van der Waals surface area contributed by atoms with Crippen molar-refractivity contribution >= 4 is 29.1 Å². The van der Waals surface area contributed by atoms with Crippen LogP contribution in [0.25, 0.3) is 0 Å². The number of carboxylic acid groups (broad SMARTS) is 1. The fourth-order valence-electron chi connectivity index (χ4n) is 2.52. The first-order valence-corrected chi connectivity index (χ1v) is 10.6. The van der Waals surface area contributed by atoms with Crippen LogP contribution in [-0.2, 0) is 4.79 Å². The Labute approximate surface area is 143 Å². The van der Waals surface area contributed by atoms with E-state index in [0.29, 0.717) is 0 Å². The number of carbonyl (C=O) groups is 1. The molecule has 0 radical (unpaired) electrons. The highest BCUT2D eigenvalue weighted by molar-refractivity contribution is 8.00. The maximum atomic E-state index is 11.3. The standard InChI is InChI=1S/C18H30O2S2/c1-2-3-4-5-6-7-8-9-10-11-13-22-17(18(19)20)16-12-14-21-15-16/h12,14-15,17H,2-11,13H2,1H3,(H,19,20). The molecule has 1 N–H and O–H groups in total. The lowest BCUT2D eigenvalue weighted by molar-refractivity contribution is -0.136. The van der Waals surface area contributed by atoms with Gasteiger partial charge < -0.3 is 5.11 Å². The Bertz CT molecular complexity index is 376. The van der Waals surface area contributed by atoms with Crippen LogP contribution in [0.15, 0.2) is 16.8 Å². The van der Waals surface area contributed by atoms with Gasteiger partial charge in [-0.2, -0.15) is 11.3 Å². The molecular weight excluding hydrogens is 312 g/mol. The van der Waals surface area contributed by atoms with E-state index < -0.39 is 5.97 Å². The van der Waals surface area contributed by atoms with E-state index in [2.05, 4.69) is 6.92 Å². The molecule has 1 aromatic rings. The van der Waals surface area contributed by atoms with Gasteiger partial charge in [-0.25, -0.2) is 0 Å². The van der Waals surface area contributed by atoms with Crippen molar-refractivity contribution in [2.75, 3.05) is 5.75 Å². The minimum Gasteiger partial charge on any atom is -0.480 e. The third kappa shape index (κ3) is 8.84. The lowest BCUT2D eigenvalue weighted by Crippen LogP contribution is -2.07. The molecule has 1 aromatic heterocycles. The number of thiophene rings is 1. The Balaban J connectivity index is 1.97. The fourth-order valence-corrected chi connectivity index (χ4v) is 4.39. The maximum Gasteiger partial charge on any atom is 0.321 e. The van der Waals surface area contributed by atoms with Crippen LogP contribution in [0.4, 0.5) is 0 Å². The zero-order valence-corrected chi connectivity index (χ0v) is 15.4. The lowest BCUT2D eigenvalue weighted by Gasteiger charge is -2.10. The SMILES string of the molecule is CCCCCCCCCCCCSC(C(=O)O)c1ccsc1. The smallest absolute Gasteiger partial charge is 0.321 e. The molecule has 4 heteroatoms. The first kappa shape index (κ1) is 19.6. The number of carboxylic acids is 1. The van der Waals surface area contributed by atoms with E-state index >= 15 is 0 Å². The number of rotatable bonds is 14. The highest BCUT2D eigenvalue weighted by Gasteiger charge is 2.20. The van der Waals surface area contributed by atoms with Crippen molar-refractivity contribution < 1.29 is 9.90 Å². The van der Waals surface area contributed by atoms with Gasteiger partial charge >= 0.3 is 5.97 Å². The number of hydrogen-bond donors (Lipinski definition) is 1. The molecule has 1 atom stereocenters. The van der Waals surface area contributed by atoms with Crippen LogP contribution in [0.3, 0.4) is 0 Å². The number of aliphatic carboxylic acids is 1. The molecule has 0 amide bonds. The van der Waals surface area contributed by atoms with Crippen molar-refractivity contribution in [1.82, 2.24) is 0 Å². The zero-order valence-electron chi connectivity index (χ0n) is 13.8. The second-order valence-electron chi connectivity index (χ2n) is 5.83. The van der Waals surface area contributed by atoms with Crippen molar-refractivity contribution in [3.63, 3.8) is 0 Å². The van der Waals surface area contributed by atoms with Gasteiger partial charge in [0.1, 0.15) is 5.25 Å². The van der Waals surface area contributed by atoms with E-state index in [1.165, 1.54) is 57.8 Å². The molecule has 0 aliphatic heterocycles. The van der Waals surface area contributed by atoms with Gasteiger partial charge in [0.05, 0.1) is 0 Å². The van der Waals surface area contributed by atoms with Gasteiger partial charge in [0.2, 0.25) is 0 Å². The Hall–Kier alpha value is -0.480. The van der Waals surface area contributed by atoms with Crippen LogP contribution < -0.4 is 0 Å². The third-order valence-corrected chi connectivity index (χ3v) is 5.89. The van der Waals surface area contributed by atoms with Crippen molar-refractivity contribution in [2.24, 2.45) is 0 Å². The molecule has 0 aliphatic rings. The Morgan fingerprint density at radius 3 is 2.18 bits per heavy atom. The first-order valence-electron chi connectivity index (χ1n) is 8.62. The molecule has 0 spiro atoms. The molecule has 0 bridgehead atoms. The summed E-state index contributed by atoms with van der Waals surface area (Å²) in [4.78, 5) is 11.3. The minimum atomic E-state index is -0.713. The Kier molecular flexibility index (Phi) is 11.6. The summed E-state index contributed by atoms with van der Waals surface area (Å²) in [7, 11) is 0. The van der Waals surface area contributed by atoms with Crippen LogP contribution in [-0.4, -0.2) is 16.8 Å². The molecular formula is C18H30O2S2. The molecule has 22 heavy (non-hydrogen) atoms. The Morgan fingerprint density at radius 2 is 1.68 bits per heavy atom. The molecule has 0 aromatic carbocycles. The molecule has 0 fully saturated rings. The van der Waals surface area contributed by atoms with Crippen LogP contribution in [0.2, 0.25) is 0 Å². The largest absolute Gasteiger partial charge is 0.480 e. The predicted octanol–water partition coefficient (Wildman–Crippen LogP) is 6.53. The summed E-state index contributed by atoms with van der Waals surface area (Å²) in [6, 6.07) is 1.93. The van der Waals surface area contributed by atoms with Crippen molar-refractivity contribution in [3.05, 3.63) is 22.4 Å². The molecule has 2 nitrogen and oxygen atoms in total. The summed E-state index contributed by atoms with van der Waals surface area (Å²) >= 11 is 3.14. The summed E-state index contributed by atoms with van der Waals surface area (Å²) in [6.07, 6.45) is 13.2. The summed E-state index contributed by atoms with van der Waals surface area (Å²) in [6.45, 7) is 2.26. The summed E-state index contributed by atoms with van der Waals surface area (Å²) < 4.78 is 0. The monoisotopic (exact) mass is 342 g/mol. The summed E-state index contributed by atoms with van der Waals surface area (Å²) in [5, 5.41) is 12.8. The lowest BCUT2D eigenvalue weighted by atomic mass is 10.1. The topological polar surface area (TPSA) is 37.3 Å². The van der Waals surface area contributed by atoms with E-state index in [0.717, 1.165) is 17.7 Å². The van der Waals surface area contributed by atoms with E-state index in [-0.39, 0.29) is 5.25 Å². The van der Waals surface area contributed by atoms with E-state index in [1.54, 1.807) is 23.1 Å². The van der Waals surface area contributed by atoms with Crippen LogP contribution >= 0.6 is 23.1 Å². The van der Waals surface area contributed by atoms with Gasteiger partial charge in [0.25, 0.3) is 0 Å². The van der Waals surface area contributed by atoms with E-state index in [9.17, 15) is 9.90 Å². The van der Waals surface area contributed by atoms with Gasteiger partial charge in [0.15, 0.2) is 0 Å². The van der Waals surface area contributed by atoms with E-state index in [1.807, 2.05) is 16.8 Å². The molecule has 0 saturated carbocycles. The van der Waals surface area contributed by atoms with Gasteiger partial charge in [-0.3, -0.25) is 4.79 Å². The second-order valence-corrected chi connectivity index (χ2v) is 7.82. The average Bonchev–Trinajstić information content (AvgIpc) is 3.02. The van der Waals surface area contributed by atoms with Gasteiger partial charge in [-0.05, 0) is 34.6 Å². The van der Waals surface area contributed by atoms with Crippen LogP contribution in [0.1, 0.15) is 81.9 Å². The molecule has 0 saturated heterocycles. The number of thioether (sulfide) groups is 1. The van der Waals surface area contributed by atoms with Gasteiger partial charge in [-0.1, -0.05) is 64.7 Å². The molecule has 1 unspecified atom stereocenters. The summed E-state index contributed by atoms with van der Waals surface area (Å²) in [5.74, 6) is 0.235. The maximum absolute atomic E-state index is 11.3. The number of unbranched alkanes of at least 4 members (excludes halogenated alkanes) is 9. The molecule has 0 aliphatic carbocycles. The number of hydrogen-bond acceptors (Lipinski definition) is 3. The average molecular weight is 343 g/mol. The molecule has 1 heterocycles. The van der Waals surface area contributed by atoms with Crippen LogP contribution in [0.5, 0.6) is 0 Å². The van der Waals surface area contributed by atoms with Crippen molar-refractivity contribution in [1.29, 1.82) is 0 Å². The Morgan fingerprint density at radius 1 is 1.09 bits per heavy atom. The first-order chi connectivity index (χ1) is 10.8. The fraction of sp³-hybridized carbons (Fsp3) is 0.722. The van der Waals surface area contributed by atoms with Gasteiger partial charge in [-0.15, -0.1) is 11.8 Å². The quantitative estimate of drug-likeness (QED) is 0.391.